The van der Waals surface area contributed by atoms with Crippen molar-refractivity contribution in [2.45, 2.75) is 26.0 Å². The fourth-order valence-corrected chi connectivity index (χ4v) is 1.37. The van der Waals surface area contributed by atoms with Crippen LogP contribution in [0.5, 0.6) is 0 Å². The van der Waals surface area contributed by atoms with Crippen molar-refractivity contribution in [1.82, 2.24) is 0 Å². The first-order valence-electron chi connectivity index (χ1n) is 4.18. The highest BCUT2D eigenvalue weighted by molar-refractivity contribution is 7.99. The Morgan fingerprint density at radius 1 is 1.58 bits per heavy atom. The van der Waals surface area contributed by atoms with Gasteiger partial charge in [-0.2, -0.15) is 11.8 Å². The average molecular weight is 206 g/mol. The van der Waals surface area contributed by atoms with Crippen molar-refractivity contribution in [3.8, 4) is 0 Å². The van der Waals surface area contributed by atoms with Gasteiger partial charge in [-0.15, -0.1) is 12.6 Å². The lowest BCUT2D eigenvalue weighted by molar-refractivity contribution is 0.180. The molecule has 0 saturated heterocycles. The van der Waals surface area contributed by atoms with Gasteiger partial charge in [0.05, 0.1) is 13.2 Å². The maximum absolute atomic E-state index is 5.35. The van der Waals surface area contributed by atoms with Crippen LogP contribution in [0.25, 0.3) is 0 Å². The topological polar surface area (TPSA) is 9.23 Å². The second kappa shape index (κ2) is 8.02. The number of rotatable bonds is 6. The van der Waals surface area contributed by atoms with Crippen LogP contribution in [0.2, 0.25) is 0 Å². The molecule has 0 rings (SSSR count). The number of thioether (sulfide) groups is 1. The maximum Gasteiger partial charge on any atom is 0.0658 e. The summed E-state index contributed by atoms with van der Waals surface area (Å²) in [6.45, 7) is 7.87. The number of thiol groups is 1. The summed E-state index contributed by atoms with van der Waals surface area (Å²) in [5.41, 5.74) is 0. The molecule has 12 heavy (non-hydrogen) atoms. The van der Waals surface area contributed by atoms with Gasteiger partial charge in [-0.1, -0.05) is 13.8 Å². The molecule has 0 spiro atoms. The van der Waals surface area contributed by atoms with Gasteiger partial charge in [0, 0.05) is 5.75 Å². The predicted molar refractivity (Wildman–Crippen MR) is 61.2 cm³/mol. The van der Waals surface area contributed by atoms with E-state index in [0.29, 0.717) is 11.9 Å². The normalized spacial score (nSPS) is 12.6. The third-order valence-electron chi connectivity index (χ3n) is 1.18. The Hall–Kier alpha value is 0.400. The lowest BCUT2D eigenvalue weighted by Gasteiger charge is -2.04. The molecule has 0 aromatic rings. The number of ether oxygens (including phenoxy) is 1. The molecule has 1 nitrogen and oxygen atoms in total. The van der Waals surface area contributed by atoms with Crippen LogP contribution in [0.3, 0.4) is 0 Å². The molecule has 0 N–H and O–H groups in total. The third-order valence-corrected chi connectivity index (χ3v) is 2.43. The minimum atomic E-state index is 0.688. The second-order valence-corrected chi connectivity index (χ2v) is 5.23. The molecular formula is C9H18OS2. The lowest BCUT2D eigenvalue weighted by Crippen LogP contribution is -2.00. The van der Waals surface area contributed by atoms with Crippen molar-refractivity contribution in [3.63, 3.8) is 0 Å². The first-order chi connectivity index (χ1) is 5.63. The van der Waals surface area contributed by atoms with Crippen molar-refractivity contribution >= 4 is 24.4 Å². The van der Waals surface area contributed by atoms with Crippen molar-refractivity contribution in [1.29, 1.82) is 0 Å². The van der Waals surface area contributed by atoms with Gasteiger partial charge in [-0.25, -0.2) is 0 Å². The standard InChI is InChI=1S/C9H18OS2/c1-8(2)12-7-6-10-5-4-9(3)11/h4,8,11H,5-7H2,1-3H3/b9-4+. The molecular weight excluding hydrogens is 188 g/mol. The van der Waals surface area contributed by atoms with E-state index in [1.807, 2.05) is 24.8 Å². The fourth-order valence-electron chi connectivity index (χ4n) is 0.606. The first-order valence-corrected chi connectivity index (χ1v) is 5.67. The smallest absolute Gasteiger partial charge is 0.0658 e. The summed E-state index contributed by atoms with van der Waals surface area (Å²) in [4.78, 5) is 1.02. The van der Waals surface area contributed by atoms with Crippen molar-refractivity contribution in [2.24, 2.45) is 0 Å². The maximum atomic E-state index is 5.35. The van der Waals surface area contributed by atoms with Gasteiger partial charge in [0.25, 0.3) is 0 Å². The first kappa shape index (κ1) is 12.4. The minimum absolute atomic E-state index is 0.688. The molecule has 0 bridgehead atoms. The molecule has 0 radical (unpaired) electrons. The van der Waals surface area contributed by atoms with Crippen LogP contribution in [0.1, 0.15) is 20.8 Å². The summed E-state index contributed by atoms with van der Waals surface area (Å²) in [6, 6.07) is 0. The summed E-state index contributed by atoms with van der Waals surface area (Å²) < 4.78 is 5.35. The average Bonchev–Trinajstić information content (AvgIpc) is 1.95. The van der Waals surface area contributed by atoms with Crippen LogP contribution in [0.4, 0.5) is 0 Å². The molecule has 0 aromatic heterocycles. The molecule has 3 heteroatoms. The van der Waals surface area contributed by atoms with Gasteiger partial charge in [0.2, 0.25) is 0 Å². The quantitative estimate of drug-likeness (QED) is 0.528. The Kier molecular flexibility index (Phi) is 8.29. The van der Waals surface area contributed by atoms with E-state index in [1.165, 1.54) is 0 Å². The van der Waals surface area contributed by atoms with Crippen molar-refractivity contribution < 1.29 is 4.74 Å². The molecule has 0 fully saturated rings. The van der Waals surface area contributed by atoms with Crippen LogP contribution in [-0.4, -0.2) is 24.2 Å². The Morgan fingerprint density at radius 2 is 2.25 bits per heavy atom. The molecule has 0 atom stereocenters. The highest BCUT2D eigenvalue weighted by Gasteiger charge is 1.92. The molecule has 0 amide bonds. The monoisotopic (exact) mass is 206 g/mol. The second-order valence-electron chi connectivity index (χ2n) is 2.84. The zero-order valence-corrected chi connectivity index (χ0v) is 9.75. The molecule has 0 saturated carbocycles. The van der Waals surface area contributed by atoms with Gasteiger partial charge in [0.1, 0.15) is 0 Å². The van der Waals surface area contributed by atoms with Crippen LogP contribution in [0, 0.1) is 0 Å². The van der Waals surface area contributed by atoms with E-state index in [9.17, 15) is 0 Å². The largest absolute Gasteiger partial charge is 0.377 e. The molecule has 0 aliphatic rings. The summed E-state index contributed by atoms with van der Waals surface area (Å²) in [5, 5.41) is 0.704. The lowest BCUT2D eigenvalue weighted by atomic mass is 10.5. The van der Waals surface area contributed by atoms with E-state index in [-0.39, 0.29) is 0 Å². The summed E-state index contributed by atoms with van der Waals surface area (Å²) in [7, 11) is 0. The van der Waals surface area contributed by atoms with Crippen molar-refractivity contribution in [2.75, 3.05) is 19.0 Å². The highest BCUT2D eigenvalue weighted by atomic mass is 32.2. The Balaban J connectivity index is 3.06. The summed E-state index contributed by atoms with van der Waals surface area (Å²) >= 11 is 6.06. The number of hydrogen-bond acceptors (Lipinski definition) is 3. The van der Waals surface area contributed by atoms with Gasteiger partial charge in [-0.3, -0.25) is 0 Å². The molecule has 0 aliphatic heterocycles. The molecule has 0 aromatic carbocycles. The van der Waals surface area contributed by atoms with Crippen LogP contribution < -0.4 is 0 Å². The van der Waals surface area contributed by atoms with E-state index >= 15 is 0 Å². The highest BCUT2D eigenvalue weighted by Crippen LogP contribution is 2.07. The number of hydrogen-bond donors (Lipinski definition) is 1. The molecule has 72 valence electrons. The molecule has 0 unspecified atom stereocenters. The van der Waals surface area contributed by atoms with E-state index in [2.05, 4.69) is 26.5 Å². The molecule has 0 aliphatic carbocycles. The Morgan fingerprint density at radius 3 is 2.75 bits per heavy atom. The van der Waals surface area contributed by atoms with E-state index in [1.54, 1.807) is 0 Å². The van der Waals surface area contributed by atoms with Gasteiger partial charge in [-0.05, 0) is 23.2 Å². The summed E-state index contributed by atoms with van der Waals surface area (Å²) in [6.07, 6.45) is 1.98. The van der Waals surface area contributed by atoms with Crippen molar-refractivity contribution in [3.05, 3.63) is 11.0 Å². The van der Waals surface area contributed by atoms with Gasteiger partial charge in [0.15, 0.2) is 0 Å². The number of allylic oxidation sites excluding steroid dienone is 1. The Bertz CT molecular complexity index is 128. The van der Waals surface area contributed by atoms with Gasteiger partial charge >= 0.3 is 0 Å². The van der Waals surface area contributed by atoms with Crippen LogP contribution in [0.15, 0.2) is 11.0 Å². The Labute approximate surface area is 85.4 Å². The summed E-state index contributed by atoms with van der Waals surface area (Å²) in [5.74, 6) is 1.08. The van der Waals surface area contributed by atoms with E-state index in [0.717, 1.165) is 17.3 Å². The zero-order chi connectivity index (χ0) is 9.40. The zero-order valence-electron chi connectivity index (χ0n) is 8.04. The fraction of sp³-hybridized carbons (Fsp3) is 0.778. The minimum Gasteiger partial charge on any atom is -0.377 e. The third kappa shape index (κ3) is 10.4. The SMILES string of the molecule is C/C(S)=C\COCCSC(C)C. The predicted octanol–water partition coefficient (Wildman–Crippen LogP) is 2.98. The van der Waals surface area contributed by atoms with Crippen LogP contribution in [-0.2, 0) is 4.74 Å². The molecule has 0 heterocycles. The van der Waals surface area contributed by atoms with Crippen LogP contribution >= 0.6 is 24.4 Å². The van der Waals surface area contributed by atoms with E-state index in [4.69, 9.17) is 4.74 Å². The van der Waals surface area contributed by atoms with E-state index < -0.39 is 0 Å². The van der Waals surface area contributed by atoms with Gasteiger partial charge < -0.3 is 4.74 Å².